The van der Waals surface area contributed by atoms with Crippen LogP contribution in [-0.2, 0) is 4.79 Å². The molecule has 0 aliphatic heterocycles. The van der Waals surface area contributed by atoms with Crippen molar-refractivity contribution in [2.75, 3.05) is 6.61 Å². The van der Waals surface area contributed by atoms with E-state index in [2.05, 4.69) is 10.5 Å². The molecule has 2 aromatic carbocycles. The fourth-order valence-corrected chi connectivity index (χ4v) is 2.09. The summed E-state index contributed by atoms with van der Waals surface area (Å²) in [5.41, 5.74) is 6.03. The lowest BCUT2D eigenvalue weighted by atomic mass is 10.1. The van der Waals surface area contributed by atoms with E-state index in [1.54, 1.807) is 24.3 Å². The van der Waals surface area contributed by atoms with Gasteiger partial charge in [0, 0.05) is 5.56 Å². The van der Waals surface area contributed by atoms with Gasteiger partial charge in [-0.3, -0.25) is 4.79 Å². The monoisotopic (exact) mass is 312 g/mol. The van der Waals surface area contributed by atoms with Crippen molar-refractivity contribution < 1.29 is 14.6 Å². The van der Waals surface area contributed by atoms with Crippen molar-refractivity contribution in [3.63, 3.8) is 0 Å². The summed E-state index contributed by atoms with van der Waals surface area (Å²) in [6, 6.07) is 10.7. The highest BCUT2D eigenvalue weighted by molar-refractivity contribution is 5.85. The number of hydrogen-bond donors (Lipinski definition) is 2. The van der Waals surface area contributed by atoms with Crippen LogP contribution in [0.15, 0.2) is 41.5 Å². The first kappa shape index (κ1) is 16.5. The SMILES string of the molecule is Cc1ccc(C)c(OCC(=O)N/N=C/c2ccccc2O)c1C. The average Bonchev–Trinajstić information content (AvgIpc) is 2.53. The number of benzene rings is 2. The van der Waals surface area contributed by atoms with Crippen LogP contribution < -0.4 is 10.2 Å². The van der Waals surface area contributed by atoms with E-state index in [-0.39, 0.29) is 18.3 Å². The molecule has 2 N–H and O–H groups in total. The zero-order valence-electron chi connectivity index (χ0n) is 13.5. The number of carbonyl (C=O) groups excluding carboxylic acids is 1. The van der Waals surface area contributed by atoms with Crippen molar-refractivity contribution in [2.45, 2.75) is 20.8 Å². The molecule has 0 spiro atoms. The van der Waals surface area contributed by atoms with Crippen LogP contribution in [0.4, 0.5) is 0 Å². The topological polar surface area (TPSA) is 70.9 Å². The number of hydrazone groups is 1. The highest BCUT2D eigenvalue weighted by Crippen LogP contribution is 2.25. The quantitative estimate of drug-likeness (QED) is 0.659. The molecule has 5 nitrogen and oxygen atoms in total. The summed E-state index contributed by atoms with van der Waals surface area (Å²) in [4.78, 5) is 11.8. The third-order valence-corrected chi connectivity index (χ3v) is 3.55. The molecule has 0 bridgehead atoms. The van der Waals surface area contributed by atoms with Gasteiger partial charge in [-0.25, -0.2) is 5.43 Å². The molecule has 23 heavy (non-hydrogen) atoms. The van der Waals surface area contributed by atoms with Gasteiger partial charge in [-0.05, 0) is 49.6 Å². The fourth-order valence-electron chi connectivity index (χ4n) is 2.09. The predicted octanol–water partition coefficient (Wildman–Crippen LogP) is 2.85. The smallest absolute Gasteiger partial charge is 0.277 e. The summed E-state index contributed by atoms with van der Waals surface area (Å²) in [6.07, 6.45) is 1.39. The van der Waals surface area contributed by atoms with E-state index in [1.165, 1.54) is 6.21 Å². The number of hydrogen-bond acceptors (Lipinski definition) is 4. The molecule has 0 atom stereocenters. The van der Waals surface area contributed by atoms with Gasteiger partial charge in [0.1, 0.15) is 11.5 Å². The number of carbonyl (C=O) groups is 1. The molecule has 0 aliphatic carbocycles. The van der Waals surface area contributed by atoms with Gasteiger partial charge in [0.15, 0.2) is 6.61 Å². The second-order valence-corrected chi connectivity index (χ2v) is 5.29. The van der Waals surface area contributed by atoms with Gasteiger partial charge in [0.25, 0.3) is 5.91 Å². The first-order valence-corrected chi connectivity index (χ1v) is 7.28. The Morgan fingerprint density at radius 2 is 1.87 bits per heavy atom. The van der Waals surface area contributed by atoms with Crippen molar-refractivity contribution in [3.8, 4) is 11.5 Å². The lowest BCUT2D eigenvalue weighted by Gasteiger charge is -2.13. The molecular formula is C18H20N2O3. The molecule has 0 aromatic heterocycles. The Morgan fingerprint density at radius 1 is 1.17 bits per heavy atom. The summed E-state index contributed by atoms with van der Waals surface area (Å²) in [5.74, 6) is 0.467. The average molecular weight is 312 g/mol. The Bertz CT molecular complexity index is 739. The number of aromatic hydroxyl groups is 1. The van der Waals surface area contributed by atoms with Gasteiger partial charge in [-0.1, -0.05) is 24.3 Å². The van der Waals surface area contributed by atoms with Gasteiger partial charge < -0.3 is 9.84 Å². The molecule has 0 fully saturated rings. The molecule has 0 aliphatic rings. The number of rotatable bonds is 5. The number of para-hydroxylation sites is 1. The van der Waals surface area contributed by atoms with Crippen LogP contribution in [0, 0.1) is 20.8 Å². The fraction of sp³-hybridized carbons (Fsp3) is 0.222. The van der Waals surface area contributed by atoms with Crippen LogP contribution >= 0.6 is 0 Å². The van der Waals surface area contributed by atoms with Gasteiger partial charge in [-0.2, -0.15) is 5.10 Å². The maximum atomic E-state index is 11.8. The third-order valence-electron chi connectivity index (χ3n) is 3.55. The number of amides is 1. The number of phenolic OH excluding ortho intramolecular Hbond substituents is 1. The van der Waals surface area contributed by atoms with Crippen LogP contribution in [0.2, 0.25) is 0 Å². The molecule has 0 unspecified atom stereocenters. The zero-order valence-corrected chi connectivity index (χ0v) is 13.5. The second kappa shape index (κ2) is 7.45. The molecule has 2 aromatic rings. The molecule has 120 valence electrons. The minimum atomic E-state index is -0.364. The minimum Gasteiger partial charge on any atom is -0.507 e. The minimum absolute atomic E-state index is 0.104. The lowest BCUT2D eigenvalue weighted by molar-refractivity contribution is -0.123. The Kier molecular flexibility index (Phi) is 5.36. The van der Waals surface area contributed by atoms with Gasteiger partial charge >= 0.3 is 0 Å². The van der Waals surface area contributed by atoms with Gasteiger partial charge in [0.2, 0.25) is 0 Å². The van der Waals surface area contributed by atoms with E-state index in [9.17, 15) is 9.90 Å². The molecule has 1 amide bonds. The summed E-state index contributed by atoms with van der Waals surface area (Å²) in [7, 11) is 0. The first-order valence-electron chi connectivity index (χ1n) is 7.28. The van der Waals surface area contributed by atoms with Gasteiger partial charge in [-0.15, -0.1) is 0 Å². The standard InChI is InChI=1S/C18H20N2O3/c1-12-8-9-13(2)18(14(12)3)23-11-17(22)20-19-10-15-6-4-5-7-16(15)21/h4-10,21H,11H2,1-3H3,(H,20,22)/b19-10+. The van der Waals surface area contributed by atoms with Crippen molar-refractivity contribution in [2.24, 2.45) is 5.10 Å². The second-order valence-electron chi connectivity index (χ2n) is 5.29. The normalized spacial score (nSPS) is 10.7. The van der Waals surface area contributed by atoms with Crippen molar-refractivity contribution in [1.82, 2.24) is 5.43 Å². The van der Waals surface area contributed by atoms with Crippen molar-refractivity contribution in [1.29, 1.82) is 0 Å². The number of nitrogens with zero attached hydrogens (tertiary/aromatic N) is 1. The largest absolute Gasteiger partial charge is 0.507 e. The van der Waals surface area contributed by atoms with E-state index >= 15 is 0 Å². The molecule has 0 saturated carbocycles. The first-order chi connectivity index (χ1) is 11.0. The predicted molar refractivity (Wildman–Crippen MR) is 90.0 cm³/mol. The highest BCUT2D eigenvalue weighted by atomic mass is 16.5. The molecule has 2 rings (SSSR count). The Balaban J connectivity index is 1.91. The third kappa shape index (κ3) is 4.32. The summed E-state index contributed by atoms with van der Waals surface area (Å²) >= 11 is 0. The summed E-state index contributed by atoms with van der Waals surface area (Å²) in [5, 5.41) is 13.4. The Hall–Kier alpha value is -2.82. The Labute approximate surface area is 135 Å². The summed E-state index contributed by atoms with van der Waals surface area (Å²) < 4.78 is 5.60. The zero-order chi connectivity index (χ0) is 16.8. The van der Waals surface area contributed by atoms with E-state index in [0.717, 1.165) is 22.4 Å². The number of aryl methyl sites for hydroxylation is 2. The van der Waals surface area contributed by atoms with Gasteiger partial charge in [0.05, 0.1) is 6.21 Å². The van der Waals surface area contributed by atoms with E-state index in [1.807, 2.05) is 32.9 Å². The molecule has 0 heterocycles. The van der Waals surface area contributed by atoms with E-state index < -0.39 is 0 Å². The summed E-state index contributed by atoms with van der Waals surface area (Å²) in [6.45, 7) is 5.78. The molecular weight excluding hydrogens is 292 g/mol. The lowest BCUT2D eigenvalue weighted by Crippen LogP contribution is -2.25. The van der Waals surface area contributed by atoms with Crippen molar-refractivity contribution >= 4 is 12.1 Å². The van der Waals surface area contributed by atoms with Crippen LogP contribution in [0.25, 0.3) is 0 Å². The number of phenols is 1. The highest BCUT2D eigenvalue weighted by Gasteiger charge is 2.08. The van der Waals surface area contributed by atoms with E-state index in [4.69, 9.17) is 4.74 Å². The Morgan fingerprint density at radius 3 is 2.61 bits per heavy atom. The van der Waals surface area contributed by atoms with Crippen LogP contribution in [0.5, 0.6) is 11.5 Å². The maximum absolute atomic E-state index is 11.8. The van der Waals surface area contributed by atoms with Crippen LogP contribution in [0.1, 0.15) is 22.3 Å². The van der Waals surface area contributed by atoms with E-state index in [0.29, 0.717) is 5.56 Å². The number of nitrogens with one attached hydrogen (secondary N) is 1. The van der Waals surface area contributed by atoms with Crippen LogP contribution in [-0.4, -0.2) is 23.8 Å². The molecule has 5 heteroatoms. The van der Waals surface area contributed by atoms with Crippen LogP contribution in [0.3, 0.4) is 0 Å². The van der Waals surface area contributed by atoms with Crippen molar-refractivity contribution in [3.05, 3.63) is 58.7 Å². The molecule has 0 radical (unpaired) electrons. The maximum Gasteiger partial charge on any atom is 0.277 e. The molecule has 0 saturated heterocycles. The number of ether oxygens (including phenoxy) is 1.